The first-order valence-electron chi connectivity index (χ1n) is 8.99. The monoisotopic (exact) mass is 352 g/mol. The van der Waals surface area contributed by atoms with Crippen molar-refractivity contribution in [3.63, 3.8) is 0 Å². The van der Waals surface area contributed by atoms with Crippen LogP contribution in [0.5, 0.6) is 0 Å². The van der Waals surface area contributed by atoms with Crippen LogP contribution in [0.3, 0.4) is 0 Å². The van der Waals surface area contributed by atoms with Gasteiger partial charge in [-0.3, -0.25) is 9.59 Å². The Labute approximate surface area is 154 Å². The molecule has 1 aliphatic rings. The Morgan fingerprint density at radius 1 is 0.962 bits per heavy atom. The van der Waals surface area contributed by atoms with Crippen molar-refractivity contribution in [2.45, 2.75) is 13.5 Å². The number of hydrogen-bond acceptors (Lipinski definition) is 3. The number of carbonyl (C=O) groups excluding carboxylic acids is 2. The summed E-state index contributed by atoms with van der Waals surface area (Å²) in [6.45, 7) is 5.55. The van der Waals surface area contributed by atoms with Crippen molar-refractivity contribution in [1.82, 2.24) is 9.80 Å². The third kappa shape index (κ3) is 4.29. The molecule has 0 radical (unpaired) electrons. The van der Waals surface area contributed by atoms with Crippen LogP contribution in [0.4, 0.5) is 0 Å². The van der Waals surface area contributed by atoms with Crippen LogP contribution in [-0.2, 0) is 11.3 Å². The Balaban J connectivity index is 1.68. The minimum Gasteiger partial charge on any atom is -0.378 e. The van der Waals surface area contributed by atoms with Gasteiger partial charge in [0.15, 0.2) is 0 Å². The topological polar surface area (TPSA) is 49.9 Å². The van der Waals surface area contributed by atoms with Gasteiger partial charge < -0.3 is 14.5 Å². The van der Waals surface area contributed by atoms with E-state index in [1.807, 2.05) is 37.3 Å². The van der Waals surface area contributed by atoms with E-state index in [9.17, 15) is 9.59 Å². The maximum absolute atomic E-state index is 12.8. The molecule has 1 fully saturated rings. The van der Waals surface area contributed by atoms with Crippen LogP contribution in [-0.4, -0.2) is 54.5 Å². The highest BCUT2D eigenvalue weighted by atomic mass is 16.5. The largest absolute Gasteiger partial charge is 0.378 e. The molecule has 26 heavy (non-hydrogen) atoms. The van der Waals surface area contributed by atoms with Crippen LogP contribution in [0.15, 0.2) is 54.6 Å². The first-order valence-corrected chi connectivity index (χ1v) is 8.99. The number of amides is 2. The summed E-state index contributed by atoms with van der Waals surface area (Å²) in [5.41, 5.74) is 2.30. The quantitative estimate of drug-likeness (QED) is 0.831. The Morgan fingerprint density at radius 3 is 2.19 bits per heavy atom. The van der Waals surface area contributed by atoms with Crippen molar-refractivity contribution in [2.75, 3.05) is 32.8 Å². The van der Waals surface area contributed by atoms with E-state index in [1.165, 1.54) is 0 Å². The van der Waals surface area contributed by atoms with Gasteiger partial charge in [0, 0.05) is 37.3 Å². The van der Waals surface area contributed by atoms with E-state index in [2.05, 4.69) is 0 Å². The number of benzene rings is 2. The van der Waals surface area contributed by atoms with E-state index in [1.54, 1.807) is 34.1 Å². The zero-order chi connectivity index (χ0) is 18.4. The molecule has 0 aromatic heterocycles. The lowest BCUT2D eigenvalue weighted by molar-refractivity contribution is 0.0303. The van der Waals surface area contributed by atoms with Crippen LogP contribution >= 0.6 is 0 Å². The van der Waals surface area contributed by atoms with Gasteiger partial charge >= 0.3 is 0 Å². The smallest absolute Gasteiger partial charge is 0.254 e. The van der Waals surface area contributed by atoms with Crippen molar-refractivity contribution >= 4 is 11.8 Å². The first kappa shape index (κ1) is 18.1. The summed E-state index contributed by atoms with van der Waals surface area (Å²) in [6.07, 6.45) is 0. The predicted molar refractivity (Wildman–Crippen MR) is 100 cm³/mol. The molecule has 1 heterocycles. The third-order valence-electron chi connectivity index (χ3n) is 4.56. The molecule has 0 aliphatic carbocycles. The molecule has 0 saturated carbocycles. The Hall–Kier alpha value is -2.66. The molecule has 3 rings (SSSR count). The van der Waals surface area contributed by atoms with Gasteiger partial charge in [-0.25, -0.2) is 0 Å². The van der Waals surface area contributed by atoms with Crippen molar-refractivity contribution in [1.29, 1.82) is 0 Å². The van der Waals surface area contributed by atoms with Gasteiger partial charge in [-0.2, -0.15) is 0 Å². The van der Waals surface area contributed by atoms with E-state index in [-0.39, 0.29) is 11.8 Å². The predicted octanol–water partition coefficient (Wildman–Crippen LogP) is 2.82. The molecule has 0 unspecified atom stereocenters. The maximum Gasteiger partial charge on any atom is 0.254 e. The van der Waals surface area contributed by atoms with Gasteiger partial charge in [0.1, 0.15) is 0 Å². The molecule has 1 aliphatic heterocycles. The molecule has 1 saturated heterocycles. The highest BCUT2D eigenvalue weighted by molar-refractivity contribution is 5.97. The first-order chi connectivity index (χ1) is 12.7. The fourth-order valence-electron chi connectivity index (χ4n) is 3.02. The van der Waals surface area contributed by atoms with Crippen LogP contribution < -0.4 is 0 Å². The van der Waals surface area contributed by atoms with Gasteiger partial charge in [-0.1, -0.05) is 30.3 Å². The van der Waals surface area contributed by atoms with E-state index in [0.29, 0.717) is 50.5 Å². The average Bonchev–Trinajstić information content (AvgIpc) is 2.72. The Kier molecular flexibility index (Phi) is 6.02. The standard InChI is InChI=1S/C21H24N2O3/c1-2-22(16-17-6-4-3-5-7-17)20(24)18-8-10-19(11-9-18)21(25)23-12-14-26-15-13-23/h3-11H,2,12-16H2,1H3. The van der Waals surface area contributed by atoms with Gasteiger partial charge in [-0.05, 0) is 36.8 Å². The lowest BCUT2D eigenvalue weighted by Gasteiger charge is -2.27. The van der Waals surface area contributed by atoms with Gasteiger partial charge in [-0.15, -0.1) is 0 Å². The molecule has 136 valence electrons. The van der Waals surface area contributed by atoms with Crippen LogP contribution in [0.2, 0.25) is 0 Å². The summed E-state index contributed by atoms with van der Waals surface area (Å²) in [6, 6.07) is 16.9. The second kappa shape index (κ2) is 8.63. The lowest BCUT2D eigenvalue weighted by atomic mass is 10.1. The fourth-order valence-corrected chi connectivity index (χ4v) is 3.02. The van der Waals surface area contributed by atoms with Crippen LogP contribution in [0.1, 0.15) is 33.2 Å². The van der Waals surface area contributed by atoms with Crippen molar-refractivity contribution < 1.29 is 14.3 Å². The summed E-state index contributed by atoms with van der Waals surface area (Å²) in [4.78, 5) is 28.8. The second-order valence-corrected chi connectivity index (χ2v) is 6.29. The van der Waals surface area contributed by atoms with Crippen molar-refractivity contribution in [3.8, 4) is 0 Å². The normalized spacial score (nSPS) is 14.1. The summed E-state index contributed by atoms with van der Waals surface area (Å²) < 4.78 is 5.28. The minimum atomic E-state index is -0.0262. The summed E-state index contributed by atoms with van der Waals surface area (Å²) >= 11 is 0. The molecular weight excluding hydrogens is 328 g/mol. The second-order valence-electron chi connectivity index (χ2n) is 6.29. The van der Waals surface area contributed by atoms with Crippen LogP contribution in [0, 0.1) is 0 Å². The van der Waals surface area contributed by atoms with Gasteiger partial charge in [0.2, 0.25) is 0 Å². The summed E-state index contributed by atoms with van der Waals surface area (Å²) in [7, 11) is 0. The van der Waals surface area contributed by atoms with Crippen LogP contribution in [0.25, 0.3) is 0 Å². The maximum atomic E-state index is 12.8. The molecule has 2 amide bonds. The number of hydrogen-bond donors (Lipinski definition) is 0. The molecule has 5 nitrogen and oxygen atoms in total. The lowest BCUT2D eigenvalue weighted by Crippen LogP contribution is -2.40. The molecular formula is C21H24N2O3. The molecule has 0 spiro atoms. The third-order valence-corrected chi connectivity index (χ3v) is 4.56. The number of carbonyl (C=O) groups is 2. The number of rotatable bonds is 5. The van der Waals surface area contributed by atoms with Gasteiger partial charge in [0.05, 0.1) is 13.2 Å². The minimum absolute atomic E-state index is 0.0102. The highest BCUT2D eigenvalue weighted by Crippen LogP contribution is 2.13. The molecule has 2 aromatic rings. The van der Waals surface area contributed by atoms with Gasteiger partial charge in [0.25, 0.3) is 11.8 Å². The average molecular weight is 352 g/mol. The fraction of sp³-hybridized carbons (Fsp3) is 0.333. The molecule has 0 bridgehead atoms. The molecule has 0 N–H and O–H groups in total. The SMILES string of the molecule is CCN(Cc1ccccc1)C(=O)c1ccc(C(=O)N2CCOCC2)cc1. The Morgan fingerprint density at radius 2 is 1.58 bits per heavy atom. The number of morpholine rings is 1. The number of ether oxygens (including phenoxy) is 1. The van der Waals surface area contributed by atoms with Crippen molar-refractivity contribution in [3.05, 3.63) is 71.3 Å². The van der Waals surface area contributed by atoms with E-state index in [4.69, 9.17) is 4.74 Å². The summed E-state index contributed by atoms with van der Waals surface area (Å²) in [5.74, 6) is -0.0364. The molecule has 2 aromatic carbocycles. The molecule has 5 heteroatoms. The zero-order valence-corrected chi connectivity index (χ0v) is 15.1. The number of nitrogens with zero attached hydrogens (tertiary/aromatic N) is 2. The van der Waals surface area contributed by atoms with Crippen molar-refractivity contribution in [2.24, 2.45) is 0 Å². The van der Waals surface area contributed by atoms with E-state index >= 15 is 0 Å². The summed E-state index contributed by atoms with van der Waals surface area (Å²) in [5, 5.41) is 0. The Bertz CT molecular complexity index is 738. The van der Waals surface area contributed by atoms with E-state index in [0.717, 1.165) is 5.56 Å². The zero-order valence-electron chi connectivity index (χ0n) is 15.1. The molecule has 0 atom stereocenters. The van der Waals surface area contributed by atoms with E-state index < -0.39 is 0 Å². The highest BCUT2D eigenvalue weighted by Gasteiger charge is 2.19.